The number of nitrogens with one attached hydrogen (secondary N) is 1. The summed E-state index contributed by atoms with van der Waals surface area (Å²) in [4.78, 5) is 12.6. The highest BCUT2D eigenvalue weighted by Gasteiger charge is 2.31. The van der Waals surface area contributed by atoms with E-state index >= 15 is 0 Å². The molecule has 0 saturated heterocycles. The van der Waals surface area contributed by atoms with Crippen LogP contribution in [0, 0.1) is 0 Å². The van der Waals surface area contributed by atoms with Gasteiger partial charge in [0.1, 0.15) is 18.1 Å². The van der Waals surface area contributed by atoms with Gasteiger partial charge < -0.3 is 20.5 Å². The lowest BCUT2D eigenvalue weighted by Crippen LogP contribution is -2.38. The van der Waals surface area contributed by atoms with E-state index in [1.54, 1.807) is 42.2 Å². The SMILES string of the molecule is CBr.CC.Cn1nccc1-c1cc(NC(=O)c2cccc(OC(F)(F)F)c2)ccc1OCC(C)(C)N. The van der Waals surface area contributed by atoms with Gasteiger partial charge in [0, 0.05) is 35.6 Å². The Hall–Kier alpha value is -3.05. The summed E-state index contributed by atoms with van der Waals surface area (Å²) in [7, 11) is 1.77. The van der Waals surface area contributed by atoms with Crippen molar-refractivity contribution in [3.05, 3.63) is 60.3 Å². The maximum Gasteiger partial charge on any atom is 0.573 e. The van der Waals surface area contributed by atoms with Gasteiger partial charge in [0.05, 0.1) is 5.69 Å². The number of anilines is 1. The predicted molar refractivity (Wildman–Crippen MR) is 140 cm³/mol. The number of nitrogens with zero attached hydrogens (tertiary/aromatic N) is 2. The monoisotopic (exact) mass is 572 g/mol. The Kier molecular flexibility index (Phi) is 11.9. The first-order valence-electron chi connectivity index (χ1n) is 11.0. The first-order chi connectivity index (χ1) is 16.9. The normalized spacial score (nSPS) is 10.9. The smallest absolute Gasteiger partial charge is 0.491 e. The number of aryl methyl sites for hydroxylation is 1. The lowest BCUT2D eigenvalue weighted by atomic mass is 10.1. The molecule has 0 aliphatic rings. The fraction of sp³-hybridized carbons (Fsp3) is 0.360. The largest absolute Gasteiger partial charge is 0.573 e. The molecule has 1 aromatic heterocycles. The molecule has 1 amide bonds. The van der Waals surface area contributed by atoms with Gasteiger partial charge in [0.25, 0.3) is 5.91 Å². The van der Waals surface area contributed by atoms with E-state index < -0.39 is 23.6 Å². The molecule has 0 atom stereocenters. The molecule has 0 bridgehead atoms. The van der Waals surface area contributed by atoms with Crippen LogP contribution in [0.2, 0.25) is 0 Å². The van der Waals surface area contributed by atoms with Crippen molar-refractivity contribution < 1.29 is 27.4 Å². The van der Waals surface area contributed by atoms with Crippen molar-refractivity contribution in [3.8, 4) is 22.8 Å². The van der Waals surface area contributed by atoms with E-state index in [4.69, 9.17) is 10.5 Å². The molecule has 11 heteroatoms. The van der Waals surface area contributed by atoms with Crippen LogP contribution in [-0.2, 0) is 7.05 Å². The molecule has 0 radical (unpaired) electrons. The van der Waals surface area contributed by atoms with Gasteiger partial charge in [0.15, 0.2) is 0 Å². The second kappa shape index (κ2) is 13.9. The third-order valence-electron chi connectivity index (χ3n) is 4.26. The fourth-order valence-corrected chi connectivity index (χ4v) is 2.87. The Labute approximate surface area is 217 Å². The summed E-state index contributed by atoms with van der Waals surface area (Å²) < 4.78 is 48.8. The number of ether oxygens (including phenoxy) is 2. The third kappa shape index (κ3) is 9.90. The number of hydrogen-bond acceptors (Lipinski definition) is 5. The van der Waals surface area contributed by atoms with E-state index in [1.807, 2.05) is 33.5 Å². The minimum atomic E-state index is -4.85. The molecule has 3 N–H and O–H groups in total. The number of carbonyl (C=O) groups excluding carboxylic acids is 1. The van der Waals surface area contributed by atoms with E-state index in [0.717, 1.165) is 17.8 Å². The lowest BCUT2D eigenvalue weighted by molar-refractivity contribution is -0.274. The molecule has 198 valence electrons. The van der Waals surface area contributed by atoms with Gasteiger partial charge in [-0.25, -0.2) is 0 Å². The lowest BCUT2D eigenvalue weighted by Gasteiger charge is -2.21. The van der Waals surface area contributed by atoms with E-state index in [1.165, 1.54) is 12.1 Å². The number of amides is 1. The molecule has 36 heavy (non-hydrogen) atoms. The molecule has 3 aromatic rings. The van der Waals surface area contributed by atoms with Crippen molar-refractivity contribution >= 4 is 27.5 Å². The summed E-state index contributed by atoms with van der Waals surface area (Å²) >= 11 is 2.94. The van der Waals surface area contributed by atoms with Gasteiger partial charge in [-0.2, -0.15) is 5.10 Å². The summed E-state index contributed by atoms with van der Waals surface area (Å²) in [6, 6.07) is 11.6. The summed E-state index contributed by atoms with van der Waals surface area (Å²) in [5, 5.41) is 6.85. The molecular weight excluding hydrogens is 541 g/mol. The number of aromatic nitrogens is 2. The highest BCUT2D eigenvalue weighted by atomic mass is 79.9. The van der Waals surface area contributed by atoms with E-state index in [2.05, 4.69) is 31.1 Å². The van der Waals surface area contributed by atoms with Crippen molar-refractivity contribution in [2.75, 3.05) is 17.8 Å². The summed E-state index contributed by atoms with van der Waals surface area (Å²) in [5.74, 6) is 1.29. The van der Waals surface area contributed by atoms with Crippen LogP contribution >= 0.6 is 15.9 Å². The third-order valence-corrected chi connectivity index (χ3v) is 4.26. The highest BCUT2D eigenvalue weighted by Crippen LogP contribution is 2.33. The Morgan fingerprint density at radius 2 is 1.78 bits per heavy atom. The zero-order chi connectivity index (χ0) is 27.5. The molecular formula is C25H32BrF3N4O3. The topological polar surface area (TPSA) is 91.4 Å². The van der Waals surface area contributed by atoms with Gasteiger partial charge in [-0.15, -0.1) is 13.2 Å². The summed E-state index contributed by atoms with van der Waals surface area (Å²) in [6.07, 6.45) is -3.22. The molecule has 0 aliphatic carbocycles. The Bertz CT molecular complexity index is 1110. The fourth-order valence-electron chi connectivity index (χ4n) is 2.87. The zero-order valence-electron chi connectivity index (χ0n) is 21.1. The molecule has 0 aliphatic heterocycles. The van der Waals surface area contributed by atoms with Crippen LogP contribution in [0.25, 0.3) is 11.3 Å². The van der Waals surface area contributed by atoms with Crippen LogP contribution in [-0.4, -0.2) is 40.0 Å². The van der Waals surface area contributed by atoms with Crippen molar-refractivity contribution in [1.82, 2.24) is 9.78 Å². The number of benzene rings is 2. The Morgan fingerprint density at radius 1 is 1.11 bits per heavy atom. The van der Waals surface area contributed by atoms with Gasteiger partial charge in [-0.05, 0) is 62.1 Å². The van der Waals surface area contributed by atoms with E-state index in [-0.39, 0.29) is 12.2 Å². The second-order valence-corrected chi connectivity index (χ2v) is 7.86. The second-order valence-electron chi connectivity index (χ2n) is 7.86. The van der Waals surface area contributed by atoms with Crippen LogP contribution < -0.4 is 20.5 Å². The van der Waals surface area contributed by atoms with Gasteiger partial charge in [-0.1, -0.05) is 35.8 Å². The number of carbonyl (C=O) groups is 1. The van der Waals surface area contributed by atoms with Crippen molar-refractivity contribution in [3.63, 3.8) is 0 Å². The molecule has 3 rings (SSSR count). The van der Waals surface area contributed by atoms with Crippen LogP contribution in [0.5, 0.6) is 11.5 Å². The molecule has 0 fully saturated rings. The average Bonchev–Trinajstić information content (AvgIpc) is 3.25. The Balaban J connectivity index is 0.00000154. The Morgan fingerprint density at radius 3 is 2.33 bits per heavy atom. The minimum absolute atomic E-state index is 0.0130. The van der Waals surface area contributed by atoms with Crippen molar-refractivity contribution in [2.24, 2.45) is 12.8 Å². The average molecular weight is 573 g/mol. The maximum absolute atomic E-state index is 12.6. The maximum atomic E-state index is 12.6. The number of hydrogen-bond donors (Lipinski definition) is 2. The molecule has 0 unspecified atom stereocenters. The van der Waals surface area contributed by atoms with Crippen LogP contribution in [0.4, 0.5) is 18.9 Å². The van der Waals surface area contributed by atoms with Gasteiger partial charge in [0.2, 0.25) is 0 Å². The number of nitrogens with two attached hydrogens (primary N) is 1. The van der Waals surface area contributed by atoms with Crippen molar-refractivity contribution in [1.29, 1.82) is 0 Å². The van der Waals surface area contributed by atoms with Crippen molar-refractivity contribution in [2.45, 2.75) is 39.6 Å². The summed E-state index contributed by atoms with van der Waals surface area (Å²) in [5.41, 5.74) is 7.30. The molecule has 0 spiro atoms. The van der Waals surface area contributed by atoms with E-state index in [9.17, 15) is 18.0 Å². The molecule has 7 nitrogen and oxygen atoms in total. The van der Waals surface area contributed by atoms with Crippen LogP contribution in [0.3, 0.4) is 0 Å². The van der Waals surface area contributed by atoms with Crippen LogP contribution in [0.15, 0.2) is 54.7 Å². The first-order valence-corrected chi connectivity index (χ1v) is 12.6. The summed E-state index contributed by atoms with van der Waals surface area (Å²) in [6.45, 7) is 7.93. The number of alkyl halides is 4. The van der Waals surface area contributed by atoms with Gasteiger partial charge >= 0.3 is 6.36 Å². The zero-order valence-corrected chi connectivity index (χ0v) is 22.7. The molecule has 1 heterocycles. The standard InChI is InChI=1S/C22H23F3N4O3.C2H6.CH3Br/c1-21(2,26)13-31-19-8-7-15(12-17(19)18-9-10-27-29(18)3)28-20(30)14-5-4-6-16(11-14)32-22(23,24)25;2*1-2/h4-12H,13,26H2,1-3H3,(H,28,30);1-2H3;1H3. The van der Waals surface area contributed by atoms with E-state index in [0.29, 0.717) is 17.0 Å². The quantitative estimate of drug-likeness (QED) is 0.320. The first kappa shape index (κ1) is 31.0. The number of rotatable bonds is 7. The molecule has 0 saturated carbocycles. The predicted octanol–water partition coefficient (Wildman–Crippen LogP) is 6.39. The van der Waals surface area contributed by atoms with Crippen LogP contribution in [0.1, 0.15) is 38.1 Å². The molecule has 2 aromatic carbocycles. The number of halogens is 4. The van der Waals surface area contributed by atoms with Gasteiger partial charge in [-0.3, -0.25) is 9.48 Å². The minimum Gasteiger partial charge on any atom is -0.491 e. The highest BCUT2D eigenvalue weighted by molar-refractivity contribution is 9.08.